The lowest BCUT2D eigenvalue weighted by Crippen LogP contribution is -2.39. The van der Waals surface area contributed by atoms with Crippen LogP contribution in [-0.2, 0) is 4.74 Å². The molecule has 3 rings (SSSR count). The van der Waals surface area contributed by atoms with E-state index in [9.17, 15) is 0 Å². The van der Waals surface area contributed by atoms with Crippen LogP contribution in [0.25, 0.3) is 0 Å². The average molecular weight is 214 g/mol. The van der Waals surface area contributed by atoms with Gasteiger partial charge in [-0.15, -0.1) is 0 Å². The summed E-state index contributed by atoms with van der Waals surface area (Å²) in [6.45, 7) is 4.60. The van der Waals surface area contributed by atoms with Gasteiger partial charge < -0.3 is 4.74 Å². The van der Waals surface area contributed by atoms with Gasteiger partial charge in [-0.3, -0.25) is 0 Å². The summed E-state index contributed by atoms with van der Waals surface area (Å²) in [5.74, 6) is 0.404. The maximum absolute atomic E-state index is 5.95. The van der Waals surface area contributed by atoms with Gasteiger partial charge >= 0.3 is 0 Å². The zero-order valence-corrected chi connectivity index (χ0v) is 9.94. The summed E-state index contributed by atoms with van der Waals surface area (Å²) < 4.78 is 5.95. The molecule has 1 nitrogen and oxygen atoms in total. The SMILES string of the molecule is CC1([C@]2(C)OC=C[C@H]2c2ccccc2)CC1. The second-order valence-corrected chi connectivity index (χ2v) is 5.50. The Morgan fingerprint density at radius 1 is 1.12 bits per heavy atom. The molecule has 0 unspecified atom stereocenters. The van der Waals surface area contributed by atoms with Crippen molar-refractivity contribution < 1.29 is 4.74 Å². The van der Waals surface area contributed by atoms with Crippen LogP contribution in [0.15, 0.2) is 42.7 Å². The Hall–Kier alpha value is -1.24. The van der Waals surface area contributed by atoms with Gasteiger partial charge in [0, 0.05) is 11.3 Å². The maximum Gasteiger partial charge on any atom is 0.121 e. The molecule has 1 aliphatic carbocycles. The molecule has 0 aromatic heterocycles. The Bertz CT molecular complexity index is 416. The lowest BCUT2D eigenvalue weighted by atomic mass is 9.74. The zero-order valence-electron chi connectivity index (χ0n) is 9.94. The third-order valence-electron chi connectivity index (χ3n) is 4.53. The number of hydrogen-bond acceptors (Lipinski definition) is 1. The van der Waals surface area contributed by atoms with Crippen LogP contribution in [0.1, 0.15) is 38.2 Å². The lowest BCUT2D eigenvalue weighted by molar-refractivity contribution is -0.0147. The minimum atomic E-state index is -0.0473. The highest BCUT2D eigenvalue weighted by Gasteiger charge is 2.59. The zero-order chi connectivity index (χ0) is 11.2. The summed E-state index contributed by atoms with van der Waals surface area (Å²) in [4.78, 5) is 0. The molecule has 1 heteroatoms. The van der Waals surface area contributed by atoms with E-state index in [1.54, 1.807) is 0 Å². The molecule has 0 amide bonds. The fraction of sp³-hybridized carbons (Fsp3) is 0.467. The Kier molecular flexibility index (Phi) is 1.95. The molecule has 84 valence electrons. The van der Waals surface area contributed by atoms with Crippen LogP contribution in [0.5, 0.6) is 0 Å². The maximum atomic E-state index is 5.95. The van der Waals surface area contributed by atoms with Crippen LogP contribution in [0.3, 0.4) is 0 Å². The molecule has 2 atom stereocenters. The van der Waals surface area contributed by atoms with E-state index in [4.69, 9.17) is 4.74 Å². The summed E-state index contributed by atoms with van der Waals surface area (Å²) in [5.41, 5.74) is 1.68. The van der Waals surface area contributed by atoms with Crippen LogP contribution < -0.4 is 0 Å². The van der Waals surface area contributed by atoms with Gasteiger partial charge in [0.15, 0.2) is 0 Å². The van der Waals surface area contributed by atoms with Gasteiger partial charge in [-0.25, -0.2) is 0 Å². The van der Waals surface area contributed by atoms with Crippen molar-refractivity contribution >= 4 is 0 Å². The highest BCUT2D eigenvalue weighted by atomic mass is 16.5. The van der Waals surface area contributed by atoms with E-state index in [0.717, 1.165) is 0 Å². The highest BCUT2D eigenvalue weighted by Crippen LogP contribution is 2.61. The molecule has 1 aromatic carbocycles. The first-order valence-electron chi connectivity index (χ1n) is 6.05. The molecular formula is C15H18O. The van der Waals surface area contributed by atoms with E-state index in [0.29, 0.717) is 11.3 Å². The molecule has 0 N–H and O–H groups in total. The van der Waals surface area contributed by atoms with E-state index in [1.165, 1.54) is 18.4 Å². The Balaban J connectivity index is 1.98. The second-order valence-electron chi connectivity index (χ2n) is 5.50. The topological polar surface area (TPSA) is 9.23 Å². The van der Waals surface area contributed by atoms with Crippen LogP contribution >= 0.6 is 0 Å². The second kappa shape index (κ2) is 3.13. The van der Waals surface area contributed by atoms with Crippen molar-refractivity contribution in [3.63, 3.8) is 0 Å². The third kappa shape index (κ3) is 1.24. The van der Waals surface area contributed by atoms with Crippen LogP contribution in [0.2, 0.25) is 0 Å². The molecule has 1 fully saturated rings. The fourth-order valence-electron chi connectivity index (χ4n) is 2.81. The standard InChI is InChI=1S/C15H18O/c1-14(9-10-14)15(2)13(8-11-16-15)12-6-4-3-5-7-12/h3-8,11,13H,9-10H2,1-2H3/t13-,15+/m0/s1. The molecule has 0 radical (unpaired) electrons. The molecule has 2 aliphatic rings. The quantitative estimate of drug-likeness (QED) is 0.726. The molecule has 1 saturated carbocycles. The third-order valence-corrected chi connectivity index (χ3v) is 4.53. The lowest BCUT2D eigenvalue weighted by Gasteiger charge is -2.37. The predicted octanol–water partition coefficient (Wildman–Crippen LogP) is 3.87. The van der Waals surface area contributed by atoms with E-state index >= 15 is 0 Å². The number of ether oxygens (including phenoxy) is 1. The van der Waals surface area contributed by atoms with Crippen LogP contribution in [0.4, 0.5) is 0 Å². The smallest absolute Gasteiger partial charge is 0.121 e. The van der Waals surface area contributed by atoms with Crippen molar-refractivity contribution in [2.45, 2.75) is 38.2 Å². The molecule has 1 heterocycles. The molecule has 0 saturated heterocycles. The van der Waals surface area contributed by atoms with Gasteiger partial charge in [-0.05, 0) is 31.4 Å². The first-order valence-corrected chi connectivity index (χ1v) is 6.05. The summed E-state index contributed by atoms with van der Waals surface area (Å²) in [7, 11) is 0. The van der Waals surface area contributed by atoms with E-state index < -0.39 is 0 Å². The average Bonchev–Trinajstić information content (AvgIpc) is 2.93. The normalized spacial score (nSPS) is 34.8. The monoisotopic (exact) mass is 214 g/mol. The summed E-state index contributed by atoms with van der Waals surface area (Å²) in [6.07, 6.45) is 6.67. The van der Waals surface area contributed by atoms with Crippen molar-refractivity contribution in [2.75, 3.05) is 0 Å². The first kappa shape index (κ1) is 9.95. The fourth-order valence-corrected chi connectivity index (χ4v) is 2.81. The van der Waals surface area contributed by atoms with Crippen molar-refractivity contribution in [1.29, 1.82) is 0 Å². The molecular weight excluding hydrogens is 196 g/mol. The van der Waals surface area contributed by atoms with Crippen molar-refractivity contribution in [3.05, 3.63) is 48.2 Å². The van der Waals surface area contributed by atoms with E-state index in [-0.39, 0.29) is 5.60 Å². The van der Waals surface area contributed by atoms with Crippen molar-refractivity contribution in [2.24, 2.45) is 5.41 Å². The van der Waals surface area contributed by atoms with Crippen LogP contribution in [-0.4, -0.2) is 5.60 Å². The first-order chi connectivity index (χ1) is 7.66. The minimum Gasteiger partial charge on any atom is -0.494 e. The van der Waals surface area contributed by atoms with Gasteiger partial charge in [0.1, 0.15) is 5.60 Å². The van der Waals surface area contributed by atoms with E-state index in [2.05, 4.69) is 50.3 Å². The Morgan fingerprint density at radius 2 is 1.81 bits per heavy atom. The van der Waals surface area contributed by atoms with Gasteiger partial charge in [-0.2, -0.15) is 0 Å². The van der Waals surface area contributed by atoms with Gasteiger partial charge in [0.05, 0.1) is 6.26 Å². The number of rotatable bonds is 2. The van der Waals surface area contributed by atoms with Crippen LogP contribution in [0, 0.1) is 5.41 Å². The Labute approximate surface area is 97.1 Å². The molecule has 0 spiro atoms. The van der Waals surface area contributed by atoms with Crippen molar-refractivity contribution in [3.8, 4) is 0 Å². The molecule has 0 bridgehead atoms. The summed E-state index contributed by atoms with van der Waals surface area (Å²) >= 11 is 0. The minimum absolute atomic E-state index is 0.0473. The summed E-state index contributed by atoms with van der Waals surface area (Å²) in [5, 5.41) is 0. The van der Waals surface area contributed by atoms with Gasteiger partial charge in [0.25, 0.3) is 0 Å². The molecule has 1 aromatic rings. The largest absolute Gasteiger partial charge is 0.494 e. The van der Waals surface area contributed by atoms with Crippen molar-refractivity contribution in [1.82, 2.24) is 0 Å². The van der Waals surface area contributed by atoms with Gasteiger partial charge in [-0.1, -0.05) is 37.3 Å². The summed E-state index contributed by atoms with van der Waals surface area (Å²) in [6, 6.07) is 10.7. The van der Waals surface area contributed by atoms with Gasteiger partial charge in [0.2, 0.25) is 0 Å². The number of benzene rings is 1. The Morgan fingerprint density at radius 3 is 2.44 bits per heavy atom. The van der Waals surface area contributed by atoms with E-state index in [1.807, 2.05) is 6.26 Å². The highest BCUT2D eigenvalue weighted by molar-refractivity contribution is 5.32. The number of hydrogen-bond donors (Lipinski definition) is 0. The molecule has 16 heavy (non-hydrogen) atoms. The molecule has 1 aliphatic heterocycles. The predicted molar refractivity (Wildman–Crippen MR) is 65.2 cm³/mol.